The minimum atomic E-state index is -0.00138. The molecule has 0 spiro atoms. The number of hydrogen-bond donors (Lipinski definition) is 1. The van der Waals surface area contributed by atoms with Gasteiger partial charge in [0.15, 0.2) is 5.78 Å². The van der Waals surface area contributed by atoms with Crippen molar-refractivity contribution in [3.05, 3.63) is 113 Å². The van der Waals surface area contributed by atoms with Crippen molar-refractivity contribution in [2.75, 3.05) is 39.8 Å². The summed E-state index contributed by atoms with van der Waals surface area (Å²) in [6.07, 6.45) is 14.1. The van der Waals surface area contributed by atoms with E-state index in [1.807, 2.05) is 60.9 Å². The molecule has 7 nitrogen and oxygen atoms in total. The molecule has 0 atom stereocenters. The Balaban J connectivity index is 1.10. The van der Waals surface area contributed by atoms with E-state index in [0.717, 1.165) is 73.7 Å². The number of nitrogens with one attached hydrogen (secondary N) is 1. The largest absolute Gasteiger partial charge is 0.497 e. The van der Waals surface area contributed by atoms with Gasteiger partial charge in [0.25, 0.3) is 5.91 Å². The lowest BCUT2D eigenvalue weighted by atomic mass is 9.86. The quantitative estimate of drug-likeness (QED) is 0.461. The molecule has 2 heterocycles. The van der Waals surface area contributed by atoms with Crippen LogP contribution in [0.15, 0.2) is 96.8 Å². The highest BCUT2D eigenvalue weighted by molar-refractivity contribution is 5.96. The Hall–Kier alpha value is -4.10. The van der Waals surface area contributed by atoms with E-state index in [9.17, 15) is 9.59 Å². The van der Waals surface area contributed by atoms with Crippen LogP contribution in [0.4, 0.5) is 0 Å². The Morgan fingerprint density at radius 2 is 1.88 bits per heavy atom. The summed E-state index contributed by atoms with van der Waals surface area (Å²) in [7, 11) is 1.66. The number of ketones is 1. The number of piperidine rings is 1. The van der Waals surface area contributed by atoms with Crippen LogP contribution in [0.1, 0.15) is 46.7 Å². The van der Waals surface area contributed by atoms with Crippen molar-refractivity contribution >= 4 is 11.7 Å². The van der Waals surface area contributed by atoms with Crippen LogP contribution in [0.2, 0.25) is 0 Å². The minimum Gasteiger partial charge on any atom is -0.497 e. The van der Waals surface area contributed by atoms with Crippen LogP contribution in [0.3, 0.4) is 0 Å². The predicted octanol–water partition coefficient (Wildman–Crippen LogP) is 4.95. The van der Waals surface area contributed by atoms with Crippen molar-refractivity contribution in [3.63, 3.8) is 0 Å². The van der Waals surface area contributed by atoms with Crippen molar-refractivity contribution in [1.82, 2.24) is 15.1 Å². The Labute approximate surface area is 236 Å². The van der Waals surface area contributed by atoms with Crippen LogP contribution in [-0.2, 0) is 16.0 Å². The molecule has 2 aliphatic heterocycles. The second-order valence-electron chi connectivity index (χ2n) is 10.4. The average molecular weight is 540 g/mol. The summed E-state index contributed by atoms with van der Waals surface area (Å²) in [4.78, 5) is 29.5. The maximum absolute atomic E-state index is 13.1. The van der Waals surface area contributed by atoms with E-state index in [0.29, 0.717) is 18.9 Å². The number of likely N-dealkylation sites (tertiary alicyclic amines) is 1. The number of benzene rings is 2. The highest BCUT2D eigenvalue weighted by Gasteiger charge is 2.24. The Kier molecular flexibility index (Phi) is 9.14. The van der Waals surface area contributed by atoms with Crippen LogP contribution < -0.4 is 10.1 Å². The summed E-state index contributed by atoms with van der Waals surface area (Å²) in [5, 5.41) is 3.12. The summed E-state index contributed by atoms with van der Waals surface area (Å²) >= 11 is 0. The minimum absolute atomic E-state index is 0.00138. The molecule has 0 radical (unpaired) electrons. The van der Waals surface area contributed by atoms with Gasteiger partial charge in [-0.15, -0.1) is 0 Å². The number of carbonyl (C=O) groups excluding carboxylic acids is 2. The van der Waals surface area contributed by atoms with Gasteiger partial charge in [-0.1, -0.05) is 42.5 Å². The highest BCUT2D eigenvalue weighted by Crippen LogP contribution is 2.30. The van der Waals surface area contributed by atoms with Gasteiger partial charge in [0.2, 0.25) is 0 Å². The lowest BCUT2D eigenvalue weighted by Gasteiger charge is -2.34. The lowest BCUT2D eigenvalue weighted by Crippen LogP contribution is -2.38. The SMILES string of the molecule is COc1ccc(CCNC(=O)c2ccccc2C2CCN(CCN3C=COC(C4=CC=CC(=O)C4)=C3)CC2)cc1. The van der Waals surface area contributed by atoms with E-state index >= 15 is 0 Å². The molecule has 1 N–H and O–H groups in total. The van der Waals surface area contributed by atoms with Gasteiger partial charge in [0, 0.05) is 49.6 Å². The molecule has 208 valence electrons. The number of ether oxygens (including phenoxy) is 2. The molecule has 1 amide bonds. The molecule has 40 heavy (non-hydrogen) atoms. The van der Waals surface area contributed by atoms with Gasteiger partial charge >= 0.3 is 0 Å². The monoisotopic (exact) mass is 539 g/mol. The van der Waals surface area contributed by atoms with Crippen LogP contribution >= 0.6 is 0 Å². The summed E-state index contributed by atoms with van der Waals surface area (Å²) in [6, 6.07) is 16.0. The van der Waals surface area contributed by atoms with Crippen molar-refractivity contribution in [3.8, 4) is 5.75 Å². The number of nitrogens with zero attached hydrogens (tertiary/aromatic N) is 2. The van der Waals surface area contributed by atoms with E-state index < -0.39 is 0 Å². The number of allylic oxidation sites excluding steroid dienone is 4. The Morgan fingerprint density at radius 3 is 2.65 bits per heavy atom. The zero-order valence-corrected chi connectivity index (χ0v) is 23.1. The number of amides is 1. The molecule has 0 saturated carbocycles. The molecule has 0 bridgehead atoms. The summed E-state index contributed by atoms with van der Waals surface area (Å²) in [5.74, 6) is 2.04. The van der Waals surface area contributed by atoms with Crippen LogP contribution in [0, 0.1) is 0 Å². The lowest BCUT2D eigenvalue weighted by molar-refractivity contribution is -0.114. The molecule has 7 heteroatoms. The molecule has 1 saturated heterocycles. The Bertz CT molecular complexity index is 1320. The van der Waals surface area contributed by atoms with Crippen molar-refractivity contribution < 1.29 is 19.1 Å². The number of carbonyl (C=O) groups is 2. The van der Waals surface area contributed by atoms with E-state index in [1.165, 1.54) is 5.56 Å². The van der Waals surface area contributed by atoms with Crippen LogP contribution in [-0.4, -0.2) is 61.3 Å². The molecule has 0 unspecified atom stereocenters. The van der Waals surface area contributed by atoms with E-state index in [4.69, 9.17) is 9.47 Å². The molecule has 3 aliphatic rings. The van der Waals surface area contributed by atoms with Gasteiger partial charge < -0.3 is 24.6 Å². The molecule has 0 aromatic heterocycles. The van der Waals surface area contributed by atoms with Gasteiger partial charge in [-0.3, -0.25) is 9.59 Å². The second kappa shape index (κ2) is 13.3. The molecule has 2 aromatic carbocycles. The molecular weight excluding hydrogens is 502 g/mol. The zero-order valence-electron chi connectivity index (χ0n) is 23.1. The van der Waals surface area contributed by atoms with Crippen LogP contribution in [0.5, 0.6) is 5.75 Å². The van der Waals surface area contributed by atoms with Crippen molar-refractivity contribution in [2.24, 2.45) is 0 Å². The van der Waals surface area contributed by atoms with Crippen molar-refractivity contribution in [1.29, 1.82) is 0 Å². The fraction of sp³-hybridized carbons (Fsp3) is 0.333. The first-order valence-electron chi connectivity index (χ1n) is 14.0. The third-order valence-electron chi connectivity index (χ3n) is 7.76. The molecule has 1 aliphatic carbocycles. The van der Waals surface area contributed by atoms with Gasteiger partial charge in [-0.2, -0.15) is 0 Å². The van der Waals surface area contributed by atoms with E-state index in [-0.39, 0.29) is 11.7 Å². The van der Waals surface area contributed by atoms with Gasteiger partial charge in [-0.25, -0.2) is 0 Å². The molecule has 5 rings (SSSR count). The standard InChI is InChI=1S/C33H37N3O4/c1-39-29-11-9-25(10-12-29)13-16-34-33(38)31-8-3-2-7-30(31)26-14-17-35(18-15-26)19-20-36-21-22-40-32(24-36)27-5-4-6-28(37)23-27/h2-12,21-22,24,26H,13-20,23H2,1H3,(H,34,38). The summed E-state index contributed by atoms with van der Waals surface area (Å²) < 4.78 is 10.9. The number of rotatable bonds is 10. The highest BCUT2D eigenvalue weighted by atomic mass is 16.5. The predicted molar refractivity (Wildman–Crippen MR) is 156 cm³/mol. The number of hydrogen-bond acceptors (Lipinski definition) is 6. The summed E-state index contributed by atoms with van der Waals surface area (Å²) in [5.41, 5.74) is 4.01. The number of methoxy groups -OCH3 is 1. The maximum Gasteiger partial charge on any atom is 0.251 e. The third-order valence-corrected chi connectivity index (χ3v) is 7.76. The molecule has 1 fully saturated rings. The van der Waals surface area contributed by atoms with E-state index in [2.05, 4.69) is 21.2 Å². The smallest absolute Gasteiger partial charge is 0.251 e. The first-order valence-corrected chi connectivity index (χ1v) is 14.0. The average Bonchev–Trinajstić information content (AvgIpc) is 3.01. The third kappa shape index (κ3) is 7.10. The van der Waals surface area contributed by atoms with Gasteiger partial charge in [-0.05, 0) is 73.7 Å². The first kappa shape index (κ1) is 27.5. The molecule has 2 aromatic rings. The topological polar surface area (TPSA) is 71.1 Å². The fourth-order valence-corrected chi connectivity index (χ4v) is 5.44. The Morgan fingerprint density at radius 1 is 1.07 bits per heavy atom. The van der Waals surface area contributed by atoms with Gasteiger partial charge in [0.1, 0.15) is 17.8 Å². The normalized spacial score (nSPS) is 17.7. The van der Waals surface area contributed by atoms with Crippen molar-refractivity contribution in [2.45, 2.75) is 31.6 Å². The zero-order chi connectivity index (χ0) is 27.7. The fourth-order valence-electron chi connectivity index (χ4n) is 5.44. The summed E-state index contributed by atoms with van der Waals surface area (Å²) in [6.45, 7) is 4.36. The van der Waals surface area contributed by atoms with E-state index in [1.54, 1.807) is 25.5 Å². The maximum atomic E-state index is 13.1. The molecular formula is C33H37N3O4. The first-order chi connectivity index (χ1) is 19.6. The van der Waals surface area contributed by atoms with Crippen LogP contribution in [0.25, 0.3) is 0 Å². The van der Waals surface area contributed by atoms with Gasteiger partial charge in [0.05, 0.1) is 7.11 Å². The second-order valence-corrected chi connectivity index (χ2v) is 10.4.